The van der Waals surface area contributed by atoms with Gasteiger partial charge in [0.05, 0.1) is 16.1 Å². The highest BCUT2D eigenvalue weighted by Crippen LogP contribution is 2.27. The summed E-state index contributed by atoms with van der Waals surface area (Å²) < 4.78 is 27.4. The quantitative estimate of drug-likeness (QED) is 0.599. The molecule has 2 N–H and O–H groups in total. The second-order valence-electron chi connectivity index (χ2n) is 9.09. The fourth-order valence-electron chi connectivity index (χ4n) is 3.69. The molecule has 0 atom stereocenters. The summed E-state index contributed by atoms with van der Waals surface area (Å²) >= 11 is 1.56. The Hall–Kier alpha value is -2.36. The molecule has 0 unspecified atom stereocenters. The third kappa shape index (κ3) is 6.37. The highest BCUT2D eigenvalue weighted by Gasteiger charge is 2.32. The van der Waals surface area contributed by atoms with Gasteiger partial charge in [0.25, 0.3) is 5.91 Å². The zero-order chi connectivity index (χ0) is 24.2. The number of nitrogens with zero attached hydrogens (tertiary/aromatic N) is 1. The van der Waals surface area contributed by atoms with Crippen molar-refractivity contribution in [2.75, 3.05) is 24.7 Å². The molecule has 0 aliphatic carbocycles. The topological polar surface area (TPSA) is 95.6 Å². The van der Waals surface area contributed by atoms with Crippen LogP contribution in [0, 0.1) is 5.92 Å². The first-order chi connectivity index (χ1) is 15.5. The minimum absolute atomic E-state index is 0.201. The van der Waals surface area contributed by atoms with Crippen LogP contribution in [0.15, 0.2) is 58.3 Å². The fourth-order valence-corrected chi connectivity index (χ4v) is 5.57. The van der Waals surface area contributed by atoms with Crippen molar-refractivity contribution in [2.45, 2.75) is 48.9 Å². The Morgan fingerprint density at radius 3 is 2.18 bits per heavy atom. The lowest BCUT2D eigenvalue weighted by Gasteiger charge is -2.30. The zero-order valence-electron chi connectivity index (χ0n) is 19.4. The Balaban J connectivity index is 1.64. The van der Waals surface area contributed by atoms with Crippen molar-refractivity contribution in [3.05, 3.63) is 54.1 Å². The first-order valence-electron chi connectivity index (χ1n) is 10.9. The minimum Gasteiger partial charge on any atom is -0.347 e. The van der Waals surface area contributed by atoms with Crippen LogP contribution in [0.1, 0.15) is 44.0 Å². The number of nitrogens with one attached hydrogen (secondary N) is 2. The largest absolute Gasteiger partial charge is 0.347 e. The first-order valence-corrected chi connectivity index (χ1v) is 13.5. The molecule has 2 amide bonds. The maximum Gasteiger partial charge on any atom is 0.253 e. The van der Waals surface area contributed by atoms with Crippen molar-refractivity contribution in [3.8, 4) is 0 Å². The van der Waals surface area contributed by atoms with Crippen molar-refractivity contribution in [1.82, 2.24) is 9.62 Å². The predicted molar refractivity (Wildman–Crippen MR) is 132 cm³/mol. The molecule has 1 fully saturated rings. The molecule has 1 aliphatic heterocycles. The van der Waals surface area contributed by atoms with E-state index in [1.807, 2.05) is 27.0 Å². The Morgan fingerprint density at radius 1 is 1.00 bits per heavy atom. The van der Waals surface area contributed by atoms with Crippen molar-refractivity contribution in [2.24, 2.45) is 5.92 Å². The van der Waals surface area contributed by atoms with Gasteiger partial charge in [0.2, 0.25) is 15.9 Å². The number of rotatable bonds is 6. The molecular formula is C24H31N3O4S2. The number of benzene rings is 2. The first kappa shape index (κ1) is 25.3. The summed E-state index contributed by atoms with van der Waals surface area (Å²) in [6.07, 6.45) is 2.78. The van der Waals surface area contributed by atoms with Gasteiger partial charge in [0.15, 0.2) is 0 Å². The Bertz CT molecular complexity index is 1100. The molecule has 7 nitrogen and oxygen atoms in total. The Kier molecular flexibility index (Phi) is 7.87. The molecule has 3 rings (SSSR count). The van der Waals surface area contributed by atoms with Gasteiger partial charge in [-0.05, 0) is 76.3 Å². The predicted octanol–water partition coefficient (Wildman–Crippen LogP) is 3.98. The number of amides is 2. The van der Waals surface area contributed by atoms with E-state index in [1.54, 1.807) is 60.3 Å². The average molecular weight is 490 g/mol. The zero-order valence-corrected chi connectivity index (χ0v) is 21.1. The summed E-state index contributed by atoms with van der Waals surface area (Å²) in [6.45, 7) is 6.23. The van der Waals surface area contributed by atoms with Crippen molar-refractivity contribution in [1.29, 1.82) is 0 Å². The van der Waals surface area contributed by atoms with Crippen LogP contribution >= 0.6 is 11.8 Å². The van der Waals surface area contributed by atoms with Crippen LogP contribution in [0.4, 0.5) is 5.69 Å². The molecule has 1 aliphatic rings. The SMILES string of the molecule is CSc1ccc(S(=O)(=O)N2CCC(C(=O)Nc3ccccc3C(=O)NC(C)(C)C)CC2)cc1. The Labute approximate surface area is 200 Å². The van der Waals surface area contributed by atoms with Crippen LogP contribution in [0.25, 0.3) is 0 Å². The second-order valence-corrected chi connectivity index (χ2v) is 11.9. The summed E-state index contributed by atoms with van der Waals surface area (Å²) in [5, 5.41) is 5.78. The van der Waals surface area contributed by atoms with Crippen LogP contribution in [-0.4, -0.2) is 49.4 Å². The van der Waals surface area contributed by atoms with Crippen LogP contribution in [0.5, 0.6) is 0 Å². The number of hydrogen-bond donors (Lipinski definition) is 2. The number of anilines is 1. The molecule has 2 aromatic rings. The van der Waals surface area contributed by atoms with E-state index in [2.05, 4.69) is 10.6 Å². The standard InChI is InChI=1S/C24H31N3O4S2/c1-24(2,3)26-23(29)20-7-5-6-8-21(20)25-22(28)17-13-15-27(16-14-17)33(30,31)19-11-9-18(32-4)10-12-19/h5-12,17H,13-16H2,1-4H3,(H,25,28)(H,26,29). The molecule has 2 aromatic carbocycles. The van der Waals surface area contributed by atoms with E-state index in [0.717, 1.165) is 4.90 Å². The van der Waals surface area contributed by atoms with E-state index in [4.69, 9.17) is 0 Å². The van der Waals surface area contributed by atoms with Gasteiger partial charge in [-0.1, -0.05) is 12.1 Å². The van der Waals surface area contributed by atoms with Gasteiger partial charge in [-0.2, -0.15) is 4.31 Å². The number of thioether (sulfide) groups is 1. The van der Waals surface area contributed by atoms with E-state index < -0.39 is 15.6 Å². The lowest BCUT2D eigenvalue weighted by Crippen LogP contribution is -2.42. The average Bonchev–Trinajstić information content (AvgIpc) is 2.78. The van der Waals surface area contributed by atoms with Gasteiger partial charge in [0, 0.05) is 29.4 Å². The number of para-hydroxylation sites is 1. The van der Waals surface area contributed by atoms with Gasteiger partial charge in [-0.3, -0.25) is 9.59 Å². The summed E-state index contributed by atoms with van der Waals surface area (Å²) in [5.74, 6) is -0.784. The number of carbonyl (C=O) groups is 2. The van der Waals surface area contributed by atoms with E-state index in [-0.39, 0.29) is 35.7 Å². The third-order valence-electron chi connectivity index (χ3n) is 5.44. The van der Waals surface area contributed by atoms with E-state index >= 15 is 0 Å². The van der Waals surface area contributed by atoms with Gasteiger partial charge in [-0.15, -0.1) is 11.8 Å². The summed E-state index contributed by atoms with van der Waals surface area (Å²) in [5.41, 5.74) is 0.449. The molecule has 1 saturated heterocycles. The van der Waals surface area contributed by atoms with Crippen molar-refractivity contribution < 1.29 is 18.0 Å². The molecule has 0 radical (unpaired) electrons. The number of carbonyl (C=O) groups excluding carboxylic acids is 2. The van der Waals surface area contributed by atoms with Crippen LogP contribution in [0.3, 0.4) is 0 Å². The highest BCUT2D eigenvalue weighted by molar-refractivity contribution is 7.98. The molecular weight excluding hydrogens is 458 g/mol. The molecule has 1 heterocycles. The second kappa shape index (κ2) is 10.3. The van der Waals surface area contributed by atoms with Crippen molar-refractivity contribution >= 4 is 39.3 Å². The van der Waals surface area contributed by atoms with Gasteiger partial charge in [-0.25, -0.2) is 8.42 Å². The number of sulfonamides is 1. The van der Waals surface area contributed by atoms with Crippen LogP contribution in [-0.2, 0) is 14.8 Å². The molecule has 0 aromatic heterocycles. The number of piperidine rings is 1. The van der Waals surface area contributed by atoms with E-state index in [0.29, 0.717) is 24.1 Å². The maximum atomic E-state index is 13.0. The molecule has 178 valence electrons. The fraction of sp³-hybridized carbons (Fsp3) is 0.417. The third-order valence-corrected chi connectivity index (χ3v) is 8.10. The number of hydrogen-bond acceptors (Lipinski definition) is 5. The maximum absolute atomic E-state index is 13.0. The monoisotopic (exact) mass is 489 g/mol. The highest BCUT2D eigenvalue weighted by atomic mass is 32.2. The van der Waals surface area contributed by atoms with Gasteiger partial charge in [0.1, 0.15) is 0 Å². The Morgan fingerprint density at radius 2 is 1.61 bits per heavy atom. The van der Waals surface area contributed by atoms with Gasteiger partial charge < -0.3 is 10.6 Å². The van der Waals surface area contributed by atoms with Crippen LogP contribution in [0.2, 0.25) is 0 Å². The summed E-state index contributed by atoms with van der Waals surface area (Å²) in [4.78, 5) is 26.8. The van der Waals surface area contributed by atoms with Gasteiger partial charge >= 0.3 is 0 Å². The molecule has 0 spiro atoms. The smallest absolute Gasteiger partial charge is 0.253 e. The van der Waals surface area contributed by atoms with Crippen LogP contribution < -0.4 is 10.6 Å². The summed E-state index contributed by atoms with van der Waals surface area (Å²) in [7, 11) is -3.59. The minimum atomic E-state index is -3.59. The lowest BCUT2D eigenvalue weighted by atomic mass is 9.97. The lowest BCUT2D eigenvalue weighted by molar-refractivity contribution is -0.120. The van der Waals surface area contributed by atoms with Crippen molar-refractivity contribution in [3.63, 3.8) is 0 Å². The molecule has 0 bridgehead atoms. The summed E-state index contributed by atoms with van der Waals surface area (Å²) in [6, 6.07) is 13.7. The van der Waals surface area contributed by atoms with E-state index in [1.165, 1.54) is 4.31 Å². The molecule has 33 heavy (non-hydrogen) atoms. The normalized spacial score (nSPS) is 15.8. The molecule has 0 saturated carbocycles. The van der Waals surface area contributed by atoms with E-state index in [9.17, 15) is 18.0 Å². The molecule has 9 heteroatoms.